The minimum atomic E-state index is -0.0364. The summed E-state index contributed by atoms with van der Waals surface area (Å²) < 4.78 is 0. The molecule has 0 saturated carbocycles. The molecule has 5 heteroatoms. The Morgan fingerprint density at radius 2 is 1.95 bits per heavy atom. The van der Waals surface area contributed by atoms with E-state index in [4.69, 9.17) is 28.9 Å². The molecule has 3 nitrogen and oxygen atoms in total. The lowest BCUT2D eigenvalue weighted by Gasteiger charge is -2.07. The second kappa shape index (κ2) is 7.34. The minimum absolute atomic E-state index is 0.0364. The third-order valence-electron chi connectivity index (χ3n) is 3.05. The second-order valence-corrected chi connectivity index (χ2v) is 5.60. The van der Waals surface area contributed by atoms with Crippen molar-refractivity contribution in [3.8, 4) is 0 Å². The van der Waals surface area contributed by atoms with Gasteiger partial charge in [0, 0.05) is 22.3 Å². The number of rotatable bonds is 5. The Balaban J connectivity index is 1.81. The van der Waals surface area contributed by atoms with Crippen molar-refractivity contribution in [3.05, 3.63) is 63.6 Å². The number of carbonyl (C=O) groups is 1. The van der Waals surface area contributed by atoms with E-state index in [1.54, 1.807) is 24.3 Å². The van der Waals surface area contributed by atoms with Gasteiger partial charge < -0.3 is 11.1 Å². The van der Waals surface area contributed by atoms with E-state index in [0.29, 0.717) is 35.1 Å². The van der Waals surface area contributed by atoms with Crippen LogP contribution in [0.3, 0.4) is 0 Å². The Hall–Kier alpha value is -1.71. The maximum absolute atomic E-state index is 11.8. The van der Waals surface area contributed by atoms with E-state index < -0.39 is 0 Å². The molecule has 0 saturated heterocycles. The average Bonchev–Trinajstić information content (AvgIpc) is 2.41. The van der Waals surface area contributed by atoms with Crippen LogP contribution in [0.4, 0.5) is 5.69 Å². The maximum Gasteiger partial charge on any atom is 0.224 e. The Morgan fingerprint density at radius 1 is 1.14 bits per heavy atom. The molecule has 2 aromatic carbocycles. The molecule has 0 unspecified atom stereocenters. The molecule has 0 heterocycles. The van der Waals surface area contributed by atoms with Crippen molar-refractivity contribution in [3.63, 3.8) is 0 Å². The van der Waals surface area contributed by atoms with Crippen LogP contribution in [0, 0.1) is 0 Å². The van der Waals surface area contributed by atoms with Crippen LogP contribution in [-0.2, 0) is 17.6 Å². The van der Waals surface area contributed by atoms with Crippen LogP contribution in [0.2, 0.25) is 10.0 Å². The minimum Gasteiger partial charge on any atom is -0.399 e. The molecule has 3 N–H and O–H groups in total. The highest BCUT2D eigenvalue weighted by atomic mass is 35.5. The summed E-state index contributed by atoms with van der Waals surface area (Å²) in [6.45, 7) is 0.530. The zero-order valence-electron chi connectivity index (χ0n) is 11.4. The van der Waals surface area contributed by atoms with E-state index in [-0.39, 0.29) is 5.91 Å². The number of anilines is 1. The maximum atomic E-state index is 11.8. The topological polar surface area (TPSA) is 55.1 Å². The molecule has 110 valence electrons. The lowest BCUT2D eigenvalue weighted by Crippen LogP contribution is -2.27. The molecule has 21 heavy (non-hydrogen) atoms. The predicted molar refractivity (Wildman–Crippen MR) is 87.7 cm³/mol. The van der Waals surface area contributed by atoms with Crippen LogP contribution in [-0.4, -0.2) is 12.5 Å². The fraction of sp³-hybridized carbons (Fsp3) is 0.188. The van der Waals surface area contributed by atoms with Gasteiger partial charge in [-0.15, -0.1) is 0 Å². The van der Waals surface area contributed by atoms with Gasteiger partial charge in [0.2, 0.25) is 5.91 Å². The predicted octanol–water partition coefficient (Wildman–Crippen LogP) is 3.48. The number of hydrogen-bond acceptors (Lipinski definition) is 2. The fourth-order valence-corrected chi connectivity index (χ4v) is 2.51. The van der Waals surface area contributed by atoms with Crippen molar-refractivity contribution in [1.82, 2.24) is 5.32 Å². The van der Waals surface area contributed by atoms with Gasteiger partial charge in [-0.05, 0) is 41.8 Å². The van der Waals surface area contributed by atoms with Gasteiger partial charge in [0.15, 0.2) is 0 Å². The first kappa shape index (κ1) is 15.7. The van der Waals surface area contributed by atoms with Crippen LogP contribution in [0.15, 0.2) is 42.5 Å². The number of carbonyl (C=O) groups excluding carboxylic acids is 1. The van der Waals surface area contributed by atoms with Crippen molar-refractivity contribution in [2.45, 2.75) is 12.8 Å². The van der Waals surface area contributed by atoms with Crippen LogP contribution in [0.5, 0.6) is 0 Å². The van der Waals surface area contributed by atoms with Gasteiger partial charge in [-0.2, -0.15) is 0 Å². The zero-order valence-corrected chi connectivity index (χ0v) is 12.9. The highest BCUT2D eigenvalue weighted by molar-refractivity contribution is 6.35. The molecule has 0 bridgehead atoms. The first-order chi connectivity index (χ1) is 10.0. The Kier molecular flexibility index (Phi) is 5.48. The van der Waals surface area contributed by atoms with Gasteiger partial charge in [0.25, 0.3) is 0 Å². The van der Waals surface area contributed by atoms with Crippen LogP contribution in [0.1, 0.15) is 11.1 Å². The van der Waals surface area contributed by atoms with Crippen LogP contribution in [0.25, 0.3) is 0 Å². The Labute approximate surface area is 134 Å². The van der Waals surface area contributed by atoms with E-state index in [2.05, 4.69) is 5.32 Å². The summed E-state index contributed by atoms with van der Waals surface area (Å²) >= 11 is 11.9. The summed E-state index contributed by atoms with van der Waals surface area (Å²) in [7, 11) is 0. The third-order valence-corrected chi connectivity index (χ3v) is 3.63. The standard InChI is InChI=1S/C16H16Cl2N2O/c17-13-5-4-12(15(18)10-13)6-7-20-16(21)9-11-2-1-3-14(19)8-11/h1-5,8,10H,6-7,9,19H2,(H,20,21). The number of nitrogen functional groups attached to an aromatic ring is 1. The summed E-state index contributed by atoms with van der Waals surface area (Å²) in [6, 6.07) is 12.7. The second-order valence-electron chi connectivity index (χ2n) is 4.76. The van der Waals surface area contributed by atoms with Crippen LogP contribution < -0.4 is 11.1 Å². The molecule has 2 rings (SSSR count). The SMILES string of the molecule is Nc1cccc(CC(=O)NCCc2ccc(Cl)cc2Cl)c1. The summed E-state index contributed by atoms with van der Waals surface area (Å²) in [5.41, 5.74) is 8.21. The van der Waals surface area contributed by atoms with Gasteiger partial charge in [0.05, 0.1) is 6.42 Å². The number of nitrogens with one attached hydrogen (secondary N) is 1. The molecule has 0 aliphatic heterocycles. The lowest BCUT2D eigenvalue weighted by molar-refractivity contribution is -0.120. The molecule has 0 aromatic heterocycles. The van der Waals surface area contributed by atoms with Crippen molar-refractivity contribution in [2.24, 2.45) is 0 Å². The van der Waals surface area contributed by atoms with Crippen molar-refractivity contribution >= 4 is 34.8 Å². The summed E-state index contributed by atoms with van der Waals surface area (Å²) in [5.74, 6) is -0.0364. The normalized spacial score (nSPS) is 10.4. The molecule has 1 amide bonds. The van der Waals surface area contributed by atoms with Crippen molar-refractivity contribution < 1.29 is 4.79 Å². The van der Waals surface area contributed by atoms with Gasteiger partial charge >= 0.3 is 0 Å². The summed E-state index contributed by atoms with van der Waals surface area (Å²) in [6.07, 6.45) is 0.984. The Bertz CT molecular complexity index is 644. The monoisotopic (exact) mass is 322 g/mol. The molecule has 0 fully saturated rings. The van der Waals surface area contributed by atoms with Crippen molar-refractivity contribution in [1.29, 1.82) is 0 Å². The van der Waals surface area contributed by atoms with Gasteiger partial charge in [-0.3, -0.25) is 4.79 Å². The quantitative estimate of drug-likeness (QED) is 0.828. The largest absolute Gasteiger partial charge is 0.399 e. The number of benzene rings is 2. The average molecular weight is 323 g/mol. The van der Waals surface area contributed by atoms with E-state index in [1.807, 2.05) is 18.2 Å². The number of hydrogen-bond donors (Lipinski definition) is 2. The number of nitrogens with two attached hydrogens (primary N) is 1. The zero-order chi connectivity index (χ0) is 15.2. The van der Waals surface area contributed by atoms with Crippen molar-refractivity contribution in [2.75, 3.05) is 12.3 Å². The molecule has 0 radical (unpaired) electrons. The molecule has 0 atom stereocenters. The molecular formula is C16H16Cl2N2O. The van der Waals surface area contributed by atoms with E-state index in [0.717, 1.165) is 11.1 Å². The fourth-order valence-electron chi connectivity index (χ4n) is 2.01. The van der Waals surface area contributed by atoms with Crippen LogP contribution >= 0.6 is 23.2 Å². The van der Waals surface area contributed by atoms with Gasteiger partial charge in [-0.1, -0.05) is 41.4 Å². The highest BCUT2D eigenvalue weighted by Gasteiger charge is 2.05. The smallest absolute Gasteiger partial charge is 0.224 e. The van der Waals surface area contributed by atoms with E-state index in [1.165, 1.54) is 0 Å². The number of amides is 1. The lowest BCUT2D eigenvalue weighted by atomic mass is 10.1. The molecule has 0 aliphatic rings. The summed E-state index contributed by atoms with van der Waals surface area (Å²) in [4.78, 5) is 11.8. The van der Waals surface area contributed by atoms with Gasteiger partial charge in [0.1, 0.15) is 0 Å². The van der Waals surface area contributed by atoms with E-state index in [9.17, 15) is 4.79 Å². The Morgan fingerprint density at radius 3 is 2.67 bits per heavy atom. The summed E-state index contributed by atoms with van der Waals surface area (Å²) in [5, 5.41) is 4.09. The molecule has 2 aromatic rings. The first-order valence-corrected chi connectivity index (χ1v) is 7.35. The third kappa shape index (κ3) is 4.96. The van der Waals surface area contributed by atoms with E-state index >= 15 is 0 Å². The molecular weight excluding hydrogens is 307 g/mol. The number of halogens is 2. The first-order valence-electron chi connectivity index (χ1n) is 6.59. The highest BCUT2D eigenvalue weighted by Crippen LogP contribution is 2.21. The molecule has 0 spiro atoms. The van der Waals surface area contributed by atoms with Gasteiger partial charge in [-0.25, -0.2) is 0 Å². The molecule has 0 aliphatic carbocycles.